The van der Waals surface area contributed by atoms with Crippen LogP contribution in [0.4, 0.5) is 0 Å². The molecule has 2 heterocycles. The average Bonchev–Trinajstić information content (AvgIpc) is 3.08. The van der Waals surface area contributed by atoms with Crippen molar-refractivity contribution in [1.82, 2.24) is 15.1 Å². The van der Waals surface area contributed by atoms with E-state index in [9.17, 15) is 0 Å². The van der Waals surface area contributed by atoms with E-state index in [1.54, 1.807) is 0 Å². The van der Waals surface area contributed by atoms with Crippen molar-refractivity contribution in [1.29, 1.82) is 0 Å². The number of hydrogen-bond acceptors (Lipinski definition) is 3. The topological polar surface area (TPSA) is 18.5 Å². The first-order chi connectivity index (χ1) is 10.3. The van der Waals surface area contributed by atoms with Gasteiger partial charge in [-0.3, -0.25) is 4.90 Å². The van der Waals surface area contributed by atoms with E-state index >= 15 is 0 Å². The summed E-state index contributed by atoms with van der Waals surface area (Å²) in [6.45, 7) is 11.6. The van der Waals surface area contributed by atoms with Gasteiger partial charge in [-0.05, 0) is 63.6 Å². The van der Waals surface area contributed by atoms with E-state index in [1.165, 1.54) is 90.8 Å². The van der Waals surface area contributed by atoms with Crippen LogP contribution < -0.4 is 5.32 Å². The molecule has 3 fully saturated rings. The minimum atomic E-state index is 0.894. The fourth-order valence-corrected chi connectivity index (χ4v) is 4.61. The van der Waals surface area contributed by atoms with Crippen molar-refractivity contribution in [3.05, 3.63) is 0 Å². The lowest BCUT2D eigenvalue weighted by Crippen LogP contribution is -2.50. The molecule has 2 saturated heterocycles. The van der Waals surface area contributed by atoms with Gasteiger partial charge in [0.15, 0.2) is 0 Å². The van der Waals surface area contributed by atoms with Crippen molar-refractivity contribution in [2.45, 2.75) is 57.9 Å². The van der Waals surface area contributed by atoms with Crippen LogP contribution in [0.25, 0.3) is 0 Å². The van der Waals surface area contributed by atoms with E-state index < -0.39 is 0 Å². The number of hydrogen-bond donors (Lipinski definition) is 1. The summed E-state index contributed by atoms with van der Waals surface area (Å²) in [5, 5.41) is 3.57. The van der Waals surface area contributed by atoms with Crippen molar-refractivity contribution in [2.24, 2.45) is 11.8 Å². The van der Waals surface area contributed by atoms with Gasteiger partial charge in [-0.2, -0.15) is 0 Å². The molecule has 0 bridgehead atoms. The van der Waals surface area contributed by atoms with Crippen LogP contribution in [-0.2, 0) is 0 Å². The Labute approximate surface area is 131 Å². The minimum absolute atomic E-state index is 0.894. The second-order valence-electron chi connectivity index (χ2n) is 7.69. The summed E-state index contributed by atoms with van der Waals surface area (Å²) in [6.07, 6.45) is 10.1. The number of rotatable bonds is 5. The summed E-state index contributed by atoms with van der Waals surface area (Å²) >= 11 is 0. The zero-order chi connectivity index (χ0) is 14.5. The van der Waals surface area contributed by atoms with E-state index in [0.29, 0.717) is 0 Å². The first-order valence-corrected chi connectivity index (χ1v) is 9.50. The Morgan fingerprint density at radius 3 is 2.43 bits per heavy atom. The van der Waals surface area contributed by atoms with Crippen molar-refractivity contribution in [2.75, 3.05) is 45.8 Å². The quantitative estimate of drug-likeness (QED) is 0.840. The Bertz CT molecular complexity index is 287. The molecule has 3 rings (SSSR count). The third kappa shape index (κ3) is 4.43. The van der Waals surface area contributed by atoms with Gasteiger partial charge in [-0.25, -0.2) is 0 Å². The van der Waals surface area contributed by atoms with Crippen LogP contribution in [0, 0.1) is 11.8 Å². The van der Waals surface area contributed by atoms with Gasteiger partial charge in [0.2, 0.25) is 0 Å². The number of nitrogens with one attached hydrogen (secondary N) is 1. The fourth-order valence-electron chi connectivity index (χ4n) is 4.61. The first-order valence-electron chi connectivity index (χ1n) is 9.50. The van der Waals surface area contributed by atoms with E-state index in [2.05, 4.69) is 22.0 Å². The Balaban J connectivity index is 1.33. The zero-order valence-corrected chi connectivity index (χ0v) is 14.0. The molecule has 1 N–H and O–H groups in total. The van der Waals surface area contributed by atoms with Gasteiger partial charge in [0.05, 0.1) is 0 Å². The average molecular weight is 293 g/mol. The van der Waals surface area contributed by atoms with Gasteiger partial charge >= 0.3 is 0 Å². The summed E-state index contributed by atoms with van der Waals surface area (Å²) in [4.78, 5) is 5.50. The molecule has 3 nitrogen and oxygen atoms in total. The molecule has 2 aliphatic heterocycles. The third-order valence-corrected chi connectivity index (χ3v) is 6.29. The number of piperidine rings is 1. The van der Waals surface area contributed by atoms with Crippen LogP contribution in [0.3, 0.4) is 0 Å². The lowest BCUT2D eigenvalue weighted by molar-refractivity contribution is 0.0913. The molecular formula is C18H35N3. The molecule has 1 aliphatic carbocycles. The van der Waals surface area contributed by atoms with Crippen LogP contribution in [0.2, 0.25) is 0 Å². The molecule has 0 aromatic carbocycles. The maximum absolute atomic E-state index is 3.57. The number of nitrogens with zero attached hydrogens (tertiary/aromatic N) is 2. The van der Waals surface area contributed by atoms with Gasteiger partial charge in [0, 0.05) is 32.2 Å². The van der Waals surface area contributed by atoms with E-state index in [-0.39, 0.29) is 0 Å². The highest BCUT2D eigenvalue weighted by molar-refractivity contribution is 4.82. The zero-order valence-electron chi connectivity index (χ0n) is 14.0. The van der Waals surface area contributed by atoms with Gasteiger partial charge in [-0.1, -0.05) is 19.8 Å². The molecule has 0 aromatic heterocycles. The molecule has 2 unspecified atom stereocenters. The molecule has 122 valence electrons. The van der Waals surface area contributed by atoms with Crippen molar-refractivity contribution < 1.29 is 0 Å². The van der Waals surface area contributed by atoms with E-state index in [4.69, 9.17) is 0 Å². The highest BCUT2D eigenvalue weighted by atomic mass is 15.3. The monoisotopic (exact) mass is 293 g/mol. The molecule has 0 aromatic rings. The normalized spacial score (nSPS) is 31.6. The van der Waals surface area contributed by atoms with Crippen LogP contribution in [0.15, 0.2) is 0 Å². The lowest BCUT2D eigenvalue weighted by atomic mass is 9.85. The third-order valence-electron chi connectivity index (χ3n) is 6.29. The Hall–Kier alpha value is -0.120. The maximum Gasteiger partial charge on any atom is 0.0113 e. The van der Waals surface area contributed by atoms with Crippen LogP contribution >= 0.6 is 0 Å². The molecular weight excluding hydrogens is 258 g/mol. The molecule has 2 atom stereocenters. The summed E-state index contributed by atoms with van der Waals surface area (Å²) < 4.78 is 0. The summed E-state index contributed by atoms with van der Waals surface area (Å²) in [7, 11) is 0. The van der Waals surface area contributed by atoms with Crippen LogP contribution in [0.1, 0.15) is 51.9 Å². The fraction of sp³-hybridized carbons (Fsp3) is 1.00. The molecule has 3 heteroatoms. The molecule has 0 amide bonds. The highest BCUT2D eigenvalue weighted by Gasteiger charge is 2.26. The maximum atomic E-state index is 3.57. The van der Waals surface area contributed by atoms with Crippen molar-refractivity contribution in [3.8, 4) is 0 Å². The predicted molar refractivity (Wildman–Crippen MR) is 89.6 cm³/mol. The molecule has 1 saturated carbocycles. The van der Waals surface area contributed by atoms with E-state index in [0.717, 1.165) is 17.9 Å². The second-order valence-corrected chi connectivity index (χ2v) is 7.69. The minimum Gasteiger partial charge on any atom is -0.316 e. The molecule has 21 heavy (non-hydrogen) atoms. The predicted octanol–water partition coefficient (Wildman–Crippen LogP) is 2.57. The summed E-state index contributed by atoms with van der Waals surface area (Å²) in [5.41, 5.74) is 0. The SMILES string of the molecule is CC(CCN1CCN(C2CCCC2)CC1)C1CCCNC1. The molecule has 3 aliphatic rings. The van der Waals surface area contributed by atoms with Crippen LogP contribution in [0.5, 0.6) is 0 Å². The van der Waals surface area contributed by atoms with Crippen molar-refractivity contribution in [3.63, 3.8) is 0 Å². The summed E-state index contributed by atoms with van der Waals surface area (Å²) in [6, 6.07) is 0.930. The number of piperazine rings is 1. The largest absolute Gasteiger partial charge is 0.316 e. The Morgan fingerprint density at radius 1 is 1.00 bits per heavy atom. The molecule has 0 radical (unpaired) electrons. The van der Waals surface area contributed by atoms with E-state index in [1.807, 2.05) is 0 Å². The van der Waals surface area contributed by atoms with Crippen molar-refractivity contribution >= 4 is 0 Å². The van der Waals surface area contributed by atoms with Gasteiger partial charge in [0.25, 0.3) is 0 Å². The Kier molecular flexibility index (Phi) is 5.96. The van der Waals surface area contributed by atoms with Crippen LogP contribution in [-0.4, -0.2) is 61.7 Å². The van der Waals surface area contributed by atoms with Gasteiger partial charge in [0.1, 0.15) is 0 Å². The Morgan fingerprint density at radius 2 is 1.76 bits per heavy atom. The van der Waals surface area contributed by atoms with Gasteiger partial charge < -0.3 is 10.2 Å². The second kappa shape index (κ2) is 7.94. The first kappa shape index (κ1) is 15.8. The summed E-state index contributed by atoms with van der Waals surface area (Å²) in [5.74, 6) is 1.82. The standard InChI is InChI=1S/C18H35N3/c1-16(17-5-4-9-19-15-17)8-10-20-11-13-21(14-12-20)18-6-2-3-7-18/h16-19H,2-15H2,1H3. The smallest absolute Gasteiger partial charge is 0.0113 e. The lowest BCUT2D eigenvalue weighted by Gasteiger charge is -2.39. The highest BCUT2D eigenvalue weighted by Crippen LogP contribution is 2.25. The van der Waals surface area contributed by atoms with Gasteiger partial charge in [-0.15, -0.1) is 0 Å². The molecule has 0 spiro atoms.